The molecular formula is C86H109B2BrCl3Cs2N19O12. The van der Waals surface area contributed by atoms with Crippen LogP contribution in [-0.4, -0.2) is 144 Å². The number of benzene rings is 2. The molecular weight excluding hydrogens is 1960 g/mol. The van der Waals surface area contributed by atoms with Gasteiger partial charge in [-0.25, -0.2) is 19.9 Å². The summed E-state index contributed by atoms with van der Waals surface area (Å²) in [6.07, 6.45) is 10.8. The number of anilines is 2. The topological polar surface area (TPSA) is 478 Å². The Balaban J connectivity index is 0.000000760. The Morgan fingerprint density at radius 3 is 1.27 bits per heavy atom. The molecule has 31 nitrogen and oxygen atoms in total. The van der Waals surface area contributed by atoms with Crippen molar-refractivity contribution in [3.8, 4) is 52.0 Å². The van der Waals surface area contributed by atoms with Crippen molar-refractivity contribution >= 4 is 94.3 Å². The van der Waals surface area contributed by atoms with E-state index in [1.807, 2.05) is 154 Å². The maximum Gasteiger partial charge on any atom is 1.00 e. The molecule has 656 valence electrons. The van der Waals surface area contributed by atoms with E-state index >= 15 is 0 Å². The predicted molar refractivity (Wildman–Crippen MR) is 479 cm³/mol. The molecule has 11 heterocycles. The van der Waals surface area contributed by atoms with Crippen molar-refractivity contribution < 1.29 is 198 Å². The first kappa shape index (κ1) is 115. The molecule has 2 saturated heterocycles. The van der Waals surface area contributed by atoms with Gasteiger partial charge < -0.3 is 67.2 Å². The Hall–Kier alpha value is -6.45. The molecule has 11 aromatic rings. The average Bonchev–Trinajstić information content (AvgIpc) is 1.62. The van der Waals surface area contributed by atoms with Crippen molar-refractivity contribution in [2.24, 2.45) is 0 Å². The van der Waals surface area contributed by atoms with Gasteiger partial charge in [0.25, 0.3) is 6.47 Å². The molecule has 0 radical (unpaired) electrons. The molecule has 10 N–H and O–H groups in total. The number of aromatic nitrogens is 14. The van der Waals surface area contributed by atoms with E-state index < -0.39 is 29.5 Å². The number of nitrogens with two attached hydrogens (primary N) is 2. The smallest absolute Gasteiger partial charge is 1.00 e. The molecule has 0 bridgehead atoms. The molecule has 2 fully saturated rings. The van der Waals surface area contributed by atoms with Crippen LogP contribution in [0, 0.1) is 47.8 Å². The molecule has 125 heavy (non-hydrogen) atoms. The Kier molecular flexibility index (Phi) is 48.1. The number of hydrogen-bond acceptors (Lipinski definition) is 28. The quantitative estimate of drug-likeness (QED) is 0.0124. The fraction of sp³-hybridized carbons (Fsp3) is 0.384. The summed E-state index contributed by atoms with van der Waals surface area (Å²) < 4.78 is 27.3. The van der Waals surface area contributed by atoms with Crippen molar-refractivity contribution in [3.05, 3.63) is 231 Å². The van der Waals surface area contributed by atoms with Crippen molar-refractivity contribution in [2.75, 3.05) is 16.8 Å². The summed E-state index contributed by atoms with van der Waals surface area (Å²) in [5, 5.41) is 99.0. The van der Waals surface area contributed by atoms with E-state index in [0.717, 1.165) is 61.2 Å². The summed E-state index contributed by atoms with van der Waals surface area (Å²) in [6, 6.07) is 42.5. The number of alkyl halides is 3. The van der Waals surface area contributed by atoms with Crippen LogP contribution in [0.3, 0.4) is 0 Å². The van der Waals surface area contributed by atoms with E-state index in [-0.39, 0.29) is 212 Å². The van der Waals surface area contributed by atoms with Gasteiger partial charge in [-0.05, 0) is 202 Å². The fourth-order valence-electron chi connectivity index (χ4n) is 10.9. The number of aliphatic hydroxyl groups is 5. The van der Waals surface area contributed by atoms with Gasteiger partial charge in [-0.3, -0.25) is 39.2 Å². The third-order valence-electron chi connectivity index (χ3n) is 18.8. The van der Waals surface area contributed by atoms with E-state index in [9.17, 15) is 25.7 Å². The average molecular weight is 2070 g/mol. The number of nitrogen functional groups attached to an aromatic ring is 2. The summed E-state index contributed by atoms with van der Waals surface area (Å²) in [4.78, 5) is 45.3. The molecule has 2 aliphatic rings. The number of H-pyrrole nitrogens is 1. The molecule has 2 aromatic carbocycles. The third-order valence-corrected chi connectivity index (χ3v) is 19.6. The summed E-state index contributed by atoms with van der Waals surface area (Å²) >= 11 is 18.7. The zero-order valence-electron chi connectivity index (χ0n) is 74.7. The number of pyridine rings is 4. The number of nitrogens with zero attached hydrogens (tertiary/aromatic N) is 16. The van der Waals surface area contributed by atoms with Gasteiger partial charge in [0.1, 0.15) is 27.6 Å². The second kappa shape index (κ2) is 52.4. The van der Waals surface area contributed by atoms with Crippen LogP contribution in [-0.2, 0) is 75.7 Å². The number of carbonyl (C=O) groups is 1. The monoisotopic (exact) mass is 2070 g/mol. The Labute approximate surface area is 875 Å². The Morgan fingerprint density at radius 2 is 0.904 bits per heavy atom. The number of nitriles is 3. The van der Waals surface area contributed by atoms with E-state index in [4.69, 9.17) is 90.6 Å². The molecule has 0 atom stereocenters. The van der Waals surface area contributed by atoms with Gasteiger partial charge >= 0.3 is 152 Å². The maximum atomic E-state index is 10.2. The fourth-order valence-corrected chi connectivity index (χ4v) is 11.4. The zero-order valence-corrected chi connectivity index (χ0v) is 90.1. The van der Waals surface area contributed by atoms with Crippen molar-refractivity contribution in [3.63, 3.8) is 0 Å². The molecule has 0 aliphatic carbocycles. The maximum absolute atomic E-state index is 10.2. The number of hydrogen-bond donors (Lipinski definition) is 8. The van der Waals surface area contributed by atoms with Crippen LogP contribution in [0.5, 0.6) is 0 Å². The minimum Gasteiger partial charge on any atom is -1.00 e. The van der Waals surface area contributed by atoms with Crippen molar-refractivity contribution in [1.82, 2.24) is 69.6 Å². The van der Waals surface area contributed by atoms with Crippen LogP contribution < -0.4 is 165 Å². The predicted octanol–water partition coefficient (Wildman–Crippen LogP) is 6.71. The molecule has 0 saturated carbocycles. The molecule has 0 spiro atoms. The summed E-state index contributed by atoms with van der Waals surface area (Å²) in [7, 11) is -0.729. The van der Waals surface area contributed by atoms with E-state index in [1.165, 1.54) is 6.92 Å². The third kappa shape index (κ3) is 35.7. The Morgan fingerprint density at radius 1 is 0.560 bits per heavy atom. The molecule has 39 heteroatoms. The number of halogens is 4. The van der Waals surface area contributed by atoms with Gasteiger partial charge in [0.15, 0.2) is 0 Å². The minimum absolute atomic E-state index is 0. The van der Waals surface area contributed by atoms with Crippen LogP contribution in [0.1, 0.15) is 194 Å². The van der Waals surface area contributed by atoms with E-state index in [0.29, 0.717) is 69.8 Å². The molecule has 9 aromatic heterocycles. The number of aromatic amines is 1. The summed E-state index contributed by atoms with van der Waals surface area (Å²) in [5.74, 6) is 0.265. The summed E-state index contributed by atoms with van der Waals surface area (Å²) in [5.41, 5.74) is 21.2. The Bertz CT molecular complexity index is 5240. The normalized spacial score (nSPS) is 13.5. The minimum atomic E-state index is -1.01. The zero-order chi connectivity index (χ0) is 91.4. The van der Waals surface area contributed by atoms with Crippen molar-refractivity contribution in [2.45, 2.75) is 209 Å². The summed E-state index contributed by atoms with van der Waals surface area (Å²) in [6.45, 7) is 35.8. The van der Waals surface area contributed by atoms with Crippen molar-refractivity contribution in [1.29, 1.82) is 15.8 Å². The van der Waals surface area contributed by atoms with E-state index in [1.54, 1.807) is 144 Å². The molecule has 13 rings (SSSR count). The van der Waals surface area contributed by atoms with Gasteiger partial charge in [0, 0.05) is 76.9 Å². The van der Waals surface area contributed by atoms with Gasteiger partial charge in [0.2, 0.25) is 11.9 Å². The number of nitrogens with one attached hydrogen (secondary N) is 1. The molecule has 2 aliphatic heterocycles. The van der Waals surface area contributed by atoms with Gasteiger partial charge in [-0.1, -0.05) is 83.5 Å². The van der Waals surface area contributed by atoms with Crippen LogP contribution in [0.25, 0.3) is 33.8 Å². The van der Waals surface area contributed by atoms with Gasteiger partial charge in [0.05, 0.1) is 146 Å². The first-order valence-electron chi connectivity index (χ1n) is 37.9. The first-order chi connectivity index (χ1) is 57.1. The van der Waals surface area contributed by atoms with Crippen LogP contribution >= 0.6 is 50.7 Å². The SMILES string of the molecule is C.CC#N.CC(C)(O)c1cccc(CBr)n1.CC(C)(O)c1cccc(CO)n1.CC(C)(O)c1cccc(Cn2cc(B3OC(C)(C)C(C)(C)O3)cn2)n1.CC1(C)OB(c2cn[nH]c2)OC1(C)C.Cc1c(C#N)cccc1-c1cc(-c2cnn(Cc3cccc(C(C)(C)O)n3)c2)nc(N)n1.Cc1c(C#N)cccc1-c1cc(Cl)nc(N)n1.ClCCl.O=CO[O-].[Cs+].[Cs+].[H-]. The number of aliphatic hydroxyl groups excluding tert-OH is 1. The van der Waals surface area contributed by atoms with Gasteiger partial charge in [-0.2, -0.15) is 31.1 Å². The van der Waals surface area contributed by atoms with Crippen LogP contribution in [0.2, 0.25) is 5.15 Å². The van der Waals surface area contributed by atoms with Crippen LogP contribution in [0.4, 0.5) is 11.9 Å². The van der Waals surface area contributed by atoms with E-state index in [2.05, 4.69) is 93.2 Å². The van der Waals surface area contributed by atoms with Gasteiger partial charge in [-0.15, -0.1) is 23.2 Å². The number of rotatable bonds is 16. The van der Waals surface area contributed by atoms with Crippen LogP contribution in [0.15, 0.2) is 159 Å². The number of carbonyl (C=O) groups excluding carboxylic acids is 1. The molecule has 0 amide bonds. The second-order valence-electron chi connectivity index (χ2n) is 31.3. The standard InChI is InChI=1S/C24H23N7O.C18H26BN3O3.C12H9ClN4.C9H15BN2O2.C9H12BrNO.C9H13NO2.C2H3N.CH2Cl2.CH2O3.CH4.2Cs.H/c1-15-16(11-25)6-4-8-19(15)21-10-20(29-23(26)30-21)17-12-27-31(13-17)14-18-7-5-9-22(28-18)24(2,3)32;1-16(2,23)15-9-7-8-14(21-15)12-22-11-13(10-20-22)19-24-17(3,4)18(5,6)25-19;1-7-8(6-14)3-2-4-9(7)10-5-11(13)17-12(15)16-10;1-8(2)9(3,4)14-10(13-8)7-5-11-12-6-7;1-9(2,12)8-5-3-4-7(6-10)11-8;1-9(2,12)8-5-3-4-7(6-11)10-8;1-2-3;2-1-3;2-1-4-3;;;;/h4-10,12-13,32H,14H2,1-3H3,(H2,26,29,30);7-11,23H,12H2,1-6H3;2-5H,1H3,(H2,15,16,17);5-6H,1-4H3,(H,11,12);3-5,12H,6H2,1-2H3;3-5,11-12H,6H2,1-2H3;1H3;1H2;1,3H;1H4;;;/q;;;;;;;;;;2*+1;-1/p-1. The molecule has 0 unspecified atom stereocenters. The second-order valence-corrected chi connectivity index (χ2v) is 33.1. The largest absolute Gasteiger partial charge is 1.00 e. The first-order valence-corrected chi connectivity index (χ1v) is 40.4.